The summed E-state index contributed by atoms with van der Waals surface area (Å²) in [6, 6.07) is 11.9. The molecule has 1 unspecified atom stereocenters. The van der Waals surface area contributed by atoms with Gasteiger partial charge in [0.25, 0.3) is 0 Å². The molecule has 32 heavy (non-hydrogen) atoms. The molecular formula is C24H30ClN5O2. The van der Waals surface area contributed by atoms with Crippen LogP contribution in [0.15, 0.2) is 47.5 Å². The topological polar surface area (TPSA) is 102 Å². The molecule has 1 amide bonds. The van der Waals surface area contributed by atoms with Crippen LogP contribution in [0.5, 0.6) is 5.75 Å². The Morgan fingerprint density at radius 2 is 1.88 bits per heavy atom. The van der Waals surface area contributed by atoms with Crippen LogP contribution in [0.4, 0.5) is 5.69 Å². The van der Waals surface area contributed by atoms with E-state index in [1.165, 1.54) is 4.90 Å². The van der Waals surface area contributed by atoms with Crippen molar-refractivity contribution < 1.29 is 9.53 Å². The maximum atomic E-state index is 12.3. The standard InChI is InChI=1S/C22H24ClN5O2.C2H6/c1-4-26-20(29)12-18-22(25)28(13(2)24)19-10-9-16(30-3)11-17(19)21(27-18)14-5-7-15(23)8-6-14;1-2/h5-11,18,24-25H,4,12H2,1-3H3,(H,26,29);1-2H3. The maximum absolute atomic E-state index is 12.3. The first-order valence-electron chi connectivity index (χ1n) is 10.6. The van der Waals surface area contributed by atoms with Crippen molar-refractivity contribution in [2.24, 2.45) is 4.99 Å². The van der Waals surface area contributed by atoms with Crippen molar-refractivity contribution in [1.82, 2.24) is 5.32 Å². The van der Waals surface area contributed by atoms with Crippen LogP contribution in [0.2, 0.25) is 5.02 Å². The van der Waals surface area contributed by atoms with Crippen molar-refractivity contribution in [1.29, 1.82) is 10.8 Å². The molecule has 1 aliphatic heterocycles. The zero-order chi connectivity index (χ0) is 23.8. The van der Waals surface area contributed by atoms with Crippen molar-refractivity contribution in [3.8, 4) is 5.75 Å². The minimum atomic E-state index is -0.749. The highest BCUT2D eigenvalue weighted by molar-refractivity contribution is 6.31. The molecule has 170 valence electrons. The first-order valence-corrected chi connectivity index (χ1v) is 11.0. The van der Waals surface area contributed by atoms with Gasteiger partial charge in [-0.1, -0.05) is 37.6 Å². The summed E-state index contributed by atoms with van der Waals surface area (Å²) >= 11 is 6.07. The number of benzodiazepines with no additional fused rings is 1. The molecule has 0 fully saturated rings. The Hall–Kier alpha value is -3.19. The average molecular weight is 456 g/mol. The van der Waals surface area contributed by atoms with E-state index in [2.05, 4.69) is 5.32 Å². The van der Waals surface area contributed by atoms with Crippen LogP contribution in [0.1, 0.15) is 45.2 Å². The Kier molecular flexibility index (Phi) is 8.96. The Morgan fingerprint density at radius 1 is 1.22 bits per heavy atom. The summed E-state index contributed by atoms with van der Waals surface area (Å²) in [6.07, 6.45) is 0.0126. The molecule has 7 nitrogen and oxygen atoms in total. The lowest BCUT2D eigenvalue weighted by Gasteiger charge is -2.26. The maximum Gasteiger partial charge on any atom is 0.222 e. The van der Waals surface area contributed by atoms with Gasteiger partial charge in [0.15, 0.2) is 0 Å². The van der Waals surface area contributed by atoms with Crippen LogP contribution >= 0.6 is 11.6 Å². The van der Waals surface area contributed by atoms with Gasteiger partial charge in [0.05, 0.1) is 24.9 Å². The Balaban J connectivity index is 0.00000176. The lowest BCUT2D eigenvalue weighted by molar-refractivity contribution is -0.121. The van der Waals surface area contributed by atoms with Crippen molar-refractivity contribution in [2.75, 3.05) is 18.6 Å². The van der Waals surface area contributed by atoms with Crippen molar-refractivity contribution in [3.05, 3.63) is 58.6 Å². The Bertz CT molecular complexity index is 1020. The van der Waals surface area contributed by atoms with E-state index in [-0.39, 0.29) is 24.0 Å². The second-order valence-electron chi connectivity index (χ2n) is 6.85. The van der Waals surface area contributed by atoms with E-state index in [0.29, 0.717) is 34.3 Å². The highest BCUT2D eigenvalue weighted by Crippen LogP contribution is 2.33. The van der Waals surface area contributed by atoms with Crippen LogP contribution < -0.4 is 15.0 Å². The van der Waals surface area contributed by atoms with Crippen LogP contribution in [0.25, 0.3) is 0 Å². The van der Waals surface area contributed by atoms with Gasteiger partial charge in [-0.15, -0.1) is 0 Å². The number of fused-ring (bicyclic) bond motifs is 1. The summed E-state index contributed by atoms with van der Waals surface area (Å²) in [5.41, 5.74) is 2.77. The predicted molar refractivity (Wildman–Crippen MR) is 132 cm³/mol. The predicted octanol–water partition coefficient (Wildman–Crippen LogP) is 4.90. The molecule has 0 bridgehead atoms. The van der Waals surface area contributed by atoms with Crippen LogP contribution in [-0.2, 0) is 4.79 Å². The number of amidine groups is 2. The molecule has 1 atom stereocenters. The summed E-state index contributed by atoms with van der Waals surface area (Å²) < 4.78 is 5.40. The quantitative estimate of drug-likeness (QED) is 0.441. The number of carbonyl (C=O) groups is 1. The normalized spacial score (nSPS) is 14.9. The molecule has 0 radical (unpaired) electrons. The fourth-order valence-corrected chi connectivity index (χ4v) is 3.50. The molecule has 3 rings (SSSR count). The molecule has 1 aliphatic rings. The number of aliphatic imine (C=N–C) groups is 1. The zero-order valence-corrected chi connectivity index (χ0v) is 19.9. The minimum Gasteiger partial charge on any atom is -0.497 e. The van der Waals surface area contributed by atoms with Gasteiger partial charge in [0.1, 0.15) is 23.5 Å². The second-order valence-corrected chi connectivity index (χ2v) is 7.28. The third-order valence-electron chi connectivity index (χ3n) is 4.75. The molecule has 2 aromatic carbocycles. The largest absolute Gasteiger partial charge is 0.497 e. The van der Waals surface area contributed by atoms with Crippen LogP contribution in [0.3, 0.4) is 0 Å². The van der Waals surface area contributed by atoms with Crippen LogP contribution in [-0.4, -0.2) is 43.0 Å². The summed E-state index contributed by atoms with van der Waals surface area (Å²) in [5, 5.41) is 20.4. The third-order valence-corrected chi connectivity index (χ3v) is 5.00. The average Bonchev–Trinajstić information content (AvgIpc) is 2.90. The van der Waals surface area contributed by atoms with E-state index in [1.54, 1.807) is 38.3 Å². The number of carbonyl (C=O) groups excluding carboxylic acids is 1. The molecule has 0 saturated heterocycles. The summed E-state index contributed by atoms with van der Waals surface area (Å²) in [5.74, 6) is 0.674. The zero-order valence-electron chi connectivity index (χ0n) is 19.1. The molecule has 0 spiro atoms. The number of rotatable bonds is 5. The van der Waals surface area contributed by atoms with E-state index in [9.17, 15) is 4.79 Å². The number of methoxy groups -OCH3 is 1. The number of nitrogens with one attached hydrogen (secondary N) is 3. The molecule has 0 aromatic heterocycles. The second kappa shape index (κ2) is 11.4. The van der Waals surface area contributed by atoms with Gasteiger partial charge in [0, 0.05) is 22.7 Å². The van der Waals surface area contributed by atoms with Gasteiger partial charge >= 0.3 is 0 Å². The van der Waals surface area contributed by atoms with Gasteiger partial charge in [-0.05, 0) is 44.2 Å². The van der Waals surface area contributed by atoms with Gasteiger partial charge < -0.3 is 10.1 Å². The van der Waals surface area contributed by atoms with E-state index in [0.717, 1.165) is 5.56 Å². The first-order chi connectivity index (χ1) is 15.3. The van der Waals surface area contributed by atoms with E-state index in [1.807, 2.05) is 39.0 Å². The summed E-state index contributed by atoms with van der Waals surface area (Å²) in [7, 11) is 1.58. The Labute approximate surface area is 194 Å². The molecule has 0 aliphatic carbocycles. The highest BCUT2D eigenvalue weighted by Gasteiger charge is 2.32. The van der Waals surface area contributed by atoms with E-state index >= 15 is 0 Å². The van der Waals surface area contributed by atoms with Crippen LogP contribution in [0, 0.1) is 10.8 Å². The fourth-order valence-electron chi connectivity index (χ4n) is 3.38. The molecule has 3 N–H and O–H groups in total. The van der Waals surface area contributed by atoms with E-state index < -0.39 is 6.04 Å². The van der Waals surface area contributed by atoms with Gasteiger partial charge in [-0.3, -0.25) is 25.5 Å². The number of amides is 1. The first kappa shape index (κ1) is 25.1. The molecule has 2 aromatic rings. The molecule has 1 heterocycles. The van der Waals surface area contributed by atoms with Gasteiger partial charge in [0.2, 0.25) is 5.91 Å². The third kappa shape index (κ3) is 5.53. The molecule has 0 saturated carbocycles. The fraction of sp³-hybridized carbons (Fsp3) is 0.333. The van der Waals surface area contributed by atoms with Crippen molar-refractivity contribution in [2.45, 2.75) is 40.2 Å². The highest BCUT2D eigenvalue weighted by atomic mass is 35.5. The lowest BCUT2D eigenvalue weighted by Crippen LogP contribution is -2.42. The number of hydrogen-bond acceptors (Lipinski definition) is 5. The van der Waals surface area contributed by atoms with Gasteiger partial charge in [-0.2, -0.15) is 0 Å². The number of benzene rings is 2. The van der Waals surface area contributed by atoms with E-state index in [4.69, 9.17) is 32.1 Å². The lowest BCUT2D eigenvalue weighted by atomic mass is 9.99. The minimum absolute atomic E-state index is 0.0126. The smallest absolute Gasteiger partial charge is 0.222 e. The van der Waals surface area contributed by atoms with Crippen molar-refractivity contribution >= 4 is 40.6 Å². The monoisotopic (exact) mass is 455 g/mol. The molecule has 8 heteroatoms. The van der Waals surface area contributed by atoms with Gasteiger partial charge in [-0.25, -0.2) is 0 Å². The number of anilines is 1. The number of halogens is 1. The SMILES string of the molecule is CC.CCNC(=O)CC1N=C(c2ccc(Cl)cc2)c2cc(OC)ccc2N(C(C)=N)C1=N. The summed E-state index contributed by atoms with van der Waals surface area (Å²) in [4.78, 5) is 18.7. The van der Waals surface area contributed by atoms with Crippen molar-refractivity contribution in [3.63, 3.8) is 0 Å². The molecular weight excluding hydrogens is 426 g/mol. The summed E-state index contributed by atoms with van der Waals surface area (Å²) in [6.45, 7) is 7.95. The number of nitrogens with zero attached hydrogens (tertiary/aromatic N) is 2. The number of ether oxygens (including phenoxy) is 1. The Morgan fingerprint density at radius 3 is 2.44 bits per heavy atom. The number of hydrogen-bond donors (Lipinski definition) is 3.